The number of anilines is 1. The maximum atomic E-state index is 12.9. The molecule has 1 fully saturated rings. The van der Waals surface area contributed by atoms with Crippen molar-refractivity contribution in [2.75, 3.05) is 19.0 Å². The quantitative estimate of drug-likeness (QED) is 0.632. The number of alkyl halides is 2. The van der Waals surface area contributed by atoms with Crippen LogP contribution < -0.4 is 9.64 Å². The van der Waals surface area contributed by atoms with Crippen molar-refractivity contribution in [3.8, 4) is 5.75 Å². The number of benzene rings is 2. The number of ketones is 1. The van der Waals surface area contributed by atoms with Gasteiger partial charge in [0.25, 0.3) is 0 Å². The molecule has 0 heterocycles. The molecule has 3 nitrogen and oxygen atoms in total. The molecule has 146 valence electrons. The molecule has 5 heteroatoms. The maximum Gasteiger partial charge on any atom is 0.387 e. The predicted molar refractivity (Wildman–Crippen MR) is 109 cm³/mol. The lowest BCUT2D eigenvalue weighted by atomic mass is 9.87. The van der Waals surface area contributed by atoms with Gasteiger partial charge in [-0.1, -0.05) is 24.3 Å². The molecular formula is C23H23F2NO2. The Kier molecular flexibility index (Phi) is 6.24. The number of ether oxygens (including phenoxy) is 1. The smallest absolute Gasteiger partial charge is 0.387 e. The Labute approximate surface area is 163 Å². The number of carbonyl (C=O) groups is 1. The highest BCUT2D eigenvalue weighted by atomic mass is 19.3. The largest absolute Gasteiger partial charge is 0.435 e. The summed E-state index contributed by atoms with van der Waals surface area (Å²) in [6.45, 7) is -2.84. The SMILES string of the molecule is CN(C)c1ccc(/C=C2\CCC/C(=C/c3ccc(OC(F)F)cc3)C2=O)cc1. The molecule has 0 aliphatic heterocycles. The second-order valence-corrected chi connectivity index (χ2v) is 6.96. The van der Waals surface area contributed by atoms with Crippen molar-refractivity contribution in [3.63, 3.8) is 0 Å². The average Bonchev–Trinajstić information content (AvgIpc) is 2.66. The predicted octanol–water partition coefficient (Wildman–Crippen LogP) is 5.57. The summed E-state index contributed by atoms with van der Waals surface area (Å²) in [4.78, 5) is 14.9. The van der Waals surface area contributed by atoms with Gasteiger partial charge in [0, 0.05) is 30.9 Å². The fraction of sp³-hybridized carbons (Fsp3) is 0.261. The van der Waals surface area contributed by atoms with Crippen LogP contribution in [0.4, 0.5) is 14.5 Å². The first kappa shape index (κ1) is 19.8. The van der Waals surface area contributed by atoms with Crippen molar-refractivity contribution in [1.82, 2.24) is 0 Å². The van der Waals surface area contributed by atoms with Crippen LogP contribution in [0.1, 0.15) is 30.4 Å². The van der Waals surface area contributed by atoms with E-state index in [4.69, 9.17) is 0 Å². The minimum atomic E-state index is -2.84. The molecule has 0 unspecified atom stereocenters. The van der Waals surface area contributed by atoms with Crippen LogP contribution in [0.25, 0.3) is 12.2 Å². The van der Waals surface area contributed by atoms with Crippen molar-refractivity contribution >= 4 is 23.6 Å². The summed E-state index contributed by atoms with van der Waals surface area (Å²) in [6, 6.07) is 14.4. The zero-order valence-electron chi connectivity index (χ0n) is 16.0. The summed E-state index contributed by atoms with van der Waals surface area (Å²) in [5.74, 6) is 0.157. The topological polar surface area (TPSA) is 29.5 Å². The molecule has 1 aliphatic rings. The number of Topliss-reactive ketones (excluding diaryl/α,β-unsaturated/α-hetero) is 1. The van der Waals surface area contributed by atoms with E-state index < -0.39 is 6.61 Å². The molecule has 1 saturated carbocycles. The van der Waals surface area contributed by atoms with E-state index in [2.05, 4.69) is 4.74 Å². The van der Waals surface area contributed by atoms with Crippen LogP contribution in [0, 0.1) is 0 Å². The first-order chi connectivity index (χ1) is 13.4. The number of hydrogen-bond donors (Lipinski definition) is 0. The second-order valence-electron chi connectivity index (χ2n) is 6.96. The number of halogens is 2. The van der Waals surface area contributed by atoms with Crippen molar-refractivity contribution in [2.45, 2.75) is 25.9 Å². The van der Waals surface area contributed by atoms with Crippen LogP contribution >= 0.6 is 0 Å². The Hall–Kier alpha value is -2.95. The first-order valence-corrected chi connectivity index (χ1v) is 9.20. The van der Waals surface area contributed by atoms with E-state index in [-0.39, 0.29) is 11.5 Å². The third kappa shape index (κ3) is 5.06. The standard InChI is InChI=1S/C23H23F2NO2/c1-26(2)20-10-6-16(7-11-20)14-18-4-3-5-19(22(18)27)15-17-8-12-21(13-9-17)28-23(24)25/h6-15,23H,3-5H2,1-2H3/b18-14+,19-15-. The molecule has 0 amide bonds. The van der Waals surface area contributed by atoms with Crippen molar-refractivity contribution < 1.29 is 18.3 Å². The van der Waals surface area contributed by atoms with Crippen LogP contribution in [0.3, 0.4) is 0 Å². The molecule has 0 N–H and O–H groups in total. The molecule has 0 radical (unpaired) electrons. The van der Waals surface area contributed by atoms with E-state index in [1.54, 1.807) is 12.1 Å². The van der Waals surface area contributed by atoms with Gasteiger partial charge in [0.15, 0.2) is 5.78 Å². The van der Waals surface area contributed by atoms with E-state index in [0.29, 0.717) is 6.42 Å². The van der Waals surface area contributed by atoms with Crippen LogP contribution in [-0.2, 0) is 4.79 Å². The molecule has 0 spiro atoms. The van der Waals surface area contributed by atoms with Gasteiger partial charge in [0.1, 0.15) is 5.75 Å². The maximum absolute atomic E-state index is 12.9. The second kappa shape index (κ2) is 8.83. The minimum absolute atomic E-state index is 0.0517. The van der Waals surface area contributed by atoms with Gasteiger partial charge in [0.05, 0.1) is 0 Å². The highest BCUT2D eigenvalue weighted by molar-refractivity contribution is 6.13. The molecule has 2 aromatic rings. The van der Waals surface area contributed by atoms with Crippen molar-refractivity contribution in [3.05, 3.63) is 70.8 Å². The molecule has 0 saturated heterocycles. The van der Waals surface area contributed by atoms with Gasteiger partial charge in [-0.05, 0) is 66.8 Å². The molecule has 3 rings (SSSR count). The summed E-state index contributed by atoms with van der Waals surface area (Å²) >= 11 is 0. The van der Waals surface area contributed by atoms with Crippen molar-refractivity contribution in [2.24, 2.45) is 0 Å². The van der Waals surface area contributed by atoms with Gasteiger partial charge in [-0.15, -0.1) is 0 Å². The van der Waals surface area contributed by atoms with Crippen LogP contribution in [-0.4, -0.2) is 26.5 Å². The number of rotatable bonds is 5. The summed E-state index contributed by atoms with van der Waals surface area (Å²) in [6.07, 6.45) is 6.16. The Morgan fingerprint density at radius 2 is 1.39 bits per heavy atom. The number of nitrogens with zero attached hydrogens (tertiary/aromatic N) is 1. The van der Waals surface area contributed by atoms with E-state index in [1.807, 2.05) is 55.4 Å². The van der Waals surface area contributed by atoms with Crippen LogP contribution in [0.5, 0.6) is 5.75 Å². The van der Waals surface area contributed by atoms with Gasteiger partial charge in [-0.3, -0.25) is 4.79 Å². The zero-order chi connectivity index (χ0) is 20.1. The Morgan fingerprint density at radius 1 is 0.893 bits per heavy atom. The minimum Gasteiger partial charge on any atom is -0.435 e. The Bertz CT molecular complexity index is 882. The molecule has 1 aliphatic carbocycles. The van der Waals surface area contributed by atoms with E-state index in [1.165, 1.54) is 12.1 Å². The fourth-order valence-corrected chi connectivity index (χ4v) is 3.19. The summed E-state index contributed by atoms with van der Waals surface area (Å²) < 4.78 is 28.8. The lowest BCUT2D eigenvalue weighted by molar-refractivity contribution is -0.112. The third-order valence-electron chi connectivity index (χ3n) is 4.67. The highest BCUT2D eigenvalue weighted by Crippen LogP contribution is 2.29. The fourth-order valence-electron chi connectivity index (χ4n) is 3.19. The summed E-state index contributed by atoms with van der Waals surface area (Å²) in [5.41, 5.74) is 4.44. The van der Waals surface area contributed by atoms with Gasteiger partial charge >= 0.3 is 6.61 Å². The molecule has 2 aromatic carbocycles. The monoisotopic (exact) mass is 383 g/mol. The Morgan fingerprint density at radius 3 is 1.86 bits per heavy atom. The third-order valence-corrected chi connectivity index (χ3v) is 4.67. The van der Waals surface area contributed by atoms with Crippen LogP contribution in [0.2, 0.25) is 0 Å². The van der Waals surface area contributed by atoms with E-state index in [0.717, 1.165) is 40.8 Å². The first-order valence-electron chi connectivity index (χ1n) is 9.20. The average molecular weight is 383 g/mol. The number of allylic oxidation sites excluding steroid dienone is 2. The summed E-state index contributed by atoms with van der Waals surface area (Å²) in [5, 5.41) is 0. The van der Waals surface area contributed by atoms with Gasteiger partial charge < -0.3 is 9.64 Å². The highest BCUT2D eigenvalue weighted by Gasteiger charge is 2.20. The van der Waals surface area contributed by atoms with E-state index in [9.17, 15) is 13.6 Å². The lowest BCUT2D eigenvalue weighted by Gasteiger charge is -2.17. The lowest BCUT2D eigenvalue weighted by Crippen LogP contribution is -2.12. The molecule has 0 atom stereocenters. The van der Waals surface area contributed by atoms with Gasteiger partial charge in [-0.2, -0.15) is 8.78 Å². The van der Waals surface area contributed by atoms with Gasteiger partial charge in [0.2, 0.25) is 0 Å². The number of carbonyl (C=O) groups excluding carboxylic acids is 1. The Balaban J connectivity index is 1.77. The summed E-state index contributed by atoms with van der Waals surface area (Å²) in [7, 11) is 3.97. The molecule has 28 heavy (non-hydrogen) atoms. The van der Waals surface area contributed by atoms with E-state index >= 15 is 0 Å². The number of hydrogen-bond acceptors (Lipinski definition) is 3. The molecule has 0 aromatic heterocycles. The molecular weight excluding hydrogens is 360 g/mol. The van der Waals surface area contributed by atoms with Crippen LogP contribution in [0.15, 0.2) is 59.7 Å². The zero-order valence-corrected chi connectivity index (χ0v) is 16.0. The normalized spacial score (nSPS) is 17.4. The van der Waals surface area contributed by atoms with Gasteiger partial charge in [-0.25, -0.2) is 0 Å². The van der Waals surface area contributed by atoms with Crippen molar-refractivity contribution in [1.29, 1.82) is 0 Å². The molecule has 0 bridgehead atoms.